The highest BCUT2D eigenvalue weighted by Crippen LogP contribution is 2.02. The van der Waals surface area contributed by atoms with E-state index in [-0.39, 0.29) is 18.6 Å². The van der Waals surface area contributed by atoms with Crippen LogP contribution in [0.15, 0.2) is 30.3 Å². The first kappa shape index (κ1) is 15.6. The van der Waals surface area contributed by atoms with Crippen LogP contribution < -0.4 is 11.1 Å². The lowest BCUT2D eigenvalue weighted by molar-refractivity contribution is -0.123. The minimum absolute atomic E-state index is 0.00221. The number of hydrogen-bond donors (Lipinski definition) is 3. The van der Waals surface area contributed by atoms with Crippen LogP contribution >= 0.6 is 0 Å². The van der Waals surface area contributed by atoms with E-state index in [9.17, 15) is 4.79 Å². The Balaban J connectivity index is 2.47. The molecule has 0 aliphatic carbocycles. The fourth-order valence-electron chi connectivity index (χ4n) is 1.82. The first-order valence-corrected chi connectivity index (χ1v) is 6.37. The number of hydrogen-bond acceptors (Lipinski definition) is 4. The van der Waals surface area contributed by atoms with Crippen LogP contribution in [0.2, 0.25) is 0 Å². The monoisotopic (exact) mass is 266 g/mol. The molecule has 0 radical (unpaired) electrons. The largest absolute Gasteiger partial charge is 0.396 e. The summed E-state index contributed by atoms with van der Waals surface area (Å²) in [5.41, 5.74) is 6.90. The summed E-state index contributed by atoms with van der Waals surface area (Å²) in [4.78, 5) is 11.9. The number of aliphatic hydroxyl groups excluding tert-OH is 1. The van der Waals surface area contributed by atoms with Gasteiger partial charge < -0.3 is 20.9 Å². The van der Waals surface area contributed by atoms with E-state index in [0.717, 1.165) is 5.56 Å². The van der Waals surface area contributed by atoms with Gasteiger partial charge in [-0.2, -0.15) is 0 Å². The third kappa shape index (κ3) is 5.83. The van der Waals surface area contributed by atoms with Crippen molar-refractivity contribution in [3.05, 3.63) is 35.9 Å². The number of benzene rings is 1. The molecule has 5 heteroatoms. The smallest absolute Gasteiger partial charge is 0.237 e. The zero-order chi connectivity index (χ0) is 14.1. The van der Waals surface area contributed by atoms with Gasteiger partial charge in [0.1, 0.15) is 0 Å². The molecule has 0 fully saturated rings. The minimum Gasteiger partial charge on any atom is -0.396 e. The number of nitrogens with one attached hydrogen (secondary N) is 1. The van der Waals surface area contributed by atoms with Crippen molar-refractivity contribution in [2.24, 2.45) is 5.73 Å². The van der Waals surface area contributed by atoms with Crippen molar-refractivity contribution < 1.29 is 14.6 Å². The minimum atomic E-state index is -0.597. The number of methoxy groups -OCH3 is 1. The maximum Gasteiger partial charge on any atom is 0.237 e. The highest BCUT2D eigenvalue weighted by molar-refractivity contribution is 5.82. The van der Waals surface area contributed by atoms with Gasteiger partial charge in [0.05, 0.1) is 18.7 Å². The molecule has 2 atom stereocenters. The molecule has 0 heterocycles. The van der Waals surface area contributed by atoms with E-state index < -0.39 is 6.04 Å². The molecule has 0 saturated carbocycles. The van der Waals surface area contributed by atoms with E-state index in [0.29, 0.717) is 19.4 Å². The number of carbonyl (C=O) groups excluding carboxylic acids is 1. The van der Waals surface area contributed by atoms with Crippen LogP contribution in [0.4, 0.5) is 0 Å². The van der Waals surface area contributed by atoms with E-state index in [1.807, 2.05) is 30.3 Å². The Morgan fingerprint density at radius 3 is 2.68 bits per heavy atom. The van der Waals surface area contributed by atoms with E-state index >= 15 is 0 Å². The lowest BCUT2D eigenvalue weighted by Crippen LogP contribution is -2.48. The number of rotatable bonds is 8. The maximum absolute atomic E-state index is 11.9. The summed E-state index contributed by atoms with van der Waals surface area (Å²) < 4.78 is 4.99. The van der Waals surface area contributed by atoms with Crippen LogP contribution in [-0.4, -0.2) is 43.4 Å². The van der Waals surface area contributed by atoms with Gasteiger partial charge >= 0.3 is 0 Å². The van der Waals surface area contributed by atoms with Gasteiger partial charge in [0.25, 0.3) is 0 Å². The number of amides is 1. The molecular formula is C14H22N2O3. The van der Waals surface area contributed by atoms with E-state index in [1.165, 1.54) is 0 Å². The van der Waals surface area contributed by atoms with E-state index in [2.05, 4.69) is 5.32 Å². The van der Waals surface area contributed by atoms with Crippen LogP contribution in [0.1, 0.15) is 12.0 Å². The summed E-state index contributed by atoms with van der Waals surface area (Å²) in [7, 11) is 1.56. The van der Waals surface area contributed by atoms with Crippen molar-refractivity contribution in [2.45, 2.75) is 24.9 Å². The topological polar surface area (TPSA) is 84.6 Å². The van der Waals surface area contributed by atoms with Crippen molar-refractivity contribution in [3.63, 3.8) is 0 Å². The Hall–Kier alpha value is -1.43. The molecule has 0 aromatic heterocycles. The molecule has 5 nitrogen and oxygen atoms in total. The summed E-state index contributed by atoms with van der Waals surface area (Å²) in [6.07, 6.45) is 0.948. The van der Waals surface area contributed by atoms with Gasteiger partial charge in [0, 0.05) is 13.7 Å². The van der Waals surface area contributed by atoms with Crippen LogP contribution in [0.25, 0.3) is 0 Å². The second-order valence-corrected chi connectivity index (χ2v) is 4.47. The SMILES string of the molecule is COCC(CCO)NC(=O)C(N)Cc1ccccc1. The highest BCUT2D eigenvalue weighted by atomic mass is 16.5. The Bertz CT molecular complexity index is 364. The molecule has 19 heavy (non-hydrogen) atoms. The summed E-state index contributed by atoms with van der Waals surface area (Å²) >= 11 is 0. The number of ether oxygens (including phenoxy) is 1. The molecule has 0 bridgehead atoms. The predicted octanol–water partition coefficient (Wildman–Crippen LogP) is 0.0700. The summed E-state index contributed by atoms with van der Waals surface area (Å²) in [6.45, 7) is 0.368. The Morgan fingerprint density at radius 1 is 1.42 bits per heavy atom. The van der Waals surface area contributed by atoms with Gasteiger partial charge in [-0.1, -0.05) is 30.3 Å². The fraction of sp³-hybridized carbons (Fsp3) is 0.500. The van der Waals surface area contributed by atoms with Crippen LogP contribution in [0.5, 0.6) is 0 Å². The molecule has 0 aliphatic heterocycles. The molecule has 0 saturated heterocycles. The highest BCUT2D eigenvalue weighted by Gasteiger charge is 2.18. The average Bonchev–Trinajstić information content (AvgIpc) is 2.40. The second-order valence-electron chi connectivity index (χ2n) is 4.47. The Morgan fingerprint density at radius 2 is 2.11 bits per heavy atom. The van der Waals surface area contributed by atoms with Gasteiger partial charge in [0.15, 0.2) is 0 Å². The van der Waals surface area contributed by atoms with Gasteiger partial charge in [0.2, 0.25) is 5.91 Å². The summed E-state index contributed by atoms with van der Waals surface area (Å²) in [5, 5.41) is 11.7. The quantitative estimate of drug-likeness (QED) is 0.621. The second kappa shape index (κ2) is 8.63. The molecule has 1 rings (SSSR count). The lowest BCUT2D eigenvalue weighted by atomic mass is 10.1. The van der Waals surface area contributed by atoms with Crippen molar-refractivity contribution in [1.82, 2.24) is 5.32 Å². The summed E-state index contributed by atoms with van der Waals surface area (Å²) in [6, 6.07) is 8.83. The standard InChI is InChI=1S/C14H22N2O3/c1-19-10-12(7-8-17)16-14(18)13(15)9-11-5-3-2-4-6-11/h2-6,12-13,17H,7-10,15H2,1H3,(H,16,18). The van der Waals surface area contributed by atoms with Crippen molar-refractivity contribution in [3.8, 4) is 0 Å². The first-order chi connectivity index (χ1) is 9.17. The zero-order valence-corrected chi connectivity index (χ0v) is 11.2. The molecular weight excluding hydrogens is 244 g/mol. The number of aliphatic hydroxyl groups is 1. The Labute approximate surface area is 113 Å². The van der Waals surface area contributed by atoms with E-state index in [4.69, 9.17) is 15.6 Å². The average molecular weight is 266 g/mol. The lowest BCUT2D eigenvalue weighted by Gasteiger charge is -2.19. The summed E-state index contributed by atoms with van der Waals surface area (Å²) in [5.74, 6) is -0.223. The molecule has 1 aromatic rings. The molecule has 4 N–H and O–H groups in total. The van der Waals surface area contributed by atoms with E-state index in [1.54, 1.807) is 7.11 Å². The first-order valence-electron chi connectivity index (χ1n) is 6.37. The van der Waals surface area contributed by atoms with Crippen LogP contribution in [0.3, 0.4) is 0 Å². The van der Waals surface area contributed by atoms with Gasteiger partial charge in [-0.15, -0.1) is 0 Å². The Kier molecular flexibility index (Phi) is 7.10. The van der Waals surface area contributed by atoms with Crippen molar-refractivity contribution in [2.75, 3.05) is 20.3 Å². The third-order valence-corrected chi connectivity index (χ3v) is 2.83. The molecule has 1 amide bonds. The normalized spacial score (nSPS) is 13.8. The van der Waals surface area contributed by atoms with Crippen LogP contribution in [0, 0.1) is 0 Å². The fourth-order valence-corrected chi connectivity index (χ4v) is 1.82. The number of carbonyl (C=O) groups is 1. The molecule has 0 aliphatic rings. The number of nitrogens with two attached hydrogens (primary N) is 1. The van der Waals surface area contributed by atoms with Crippen molar-refractivity contribution in [1.29, 1.82) is 0 Å². The van der Waals surface area contributed by atoms with Crippen molar-refractivity contribution >= 4 is 5.91 Å². The van der Waals surface area contributed by atoms with Gasteiger partial charge in [-0.25, -0.2) is 0 Å². The molecule has 1 aromatic carbocycles. The third-order valence-electron chi connectivity index (χ3n) is 2.83. The van der Waals surface area contributed by atoms with Crippen LogP contribution in [-0.2, 0) is 16.0 Å². The zero-order valence-electron chi connectivity index (χ0n) is 11.2. The molecule has 106 valence electrons. The molecule has 0 spiro atoms. The molecule has 2 unspecified atom stereocenters. The van der Waals surface area contributed by atoms with Gasteiger partial charge in [-0.3, -0.25) is 4.79 Å². The predicted molar refractivity (Wildman–Crippen MR) is 73.6 cm³/mol. The maximum atomic E-state index is 11.9. The van der Waals surface area contributed by atoms with Gasteiger partial charge in [-0.05, 0) is 18.4 Å².